The largest absolute Gasteiger partial charge is 0.496 e. The second-order valence-corrected chi connectivity index (χ2v) is 3.92. The van der Waals surface area contributed by atoms with Crippen molar-refractivity contribution in [1.29, 1.82) is 0 Å². The topological polar surface area (TPSA) is 64.6 Å². The summed E-state index contributed by atoms with van der Waals surface area (Å²) in [4.78, 5) is 22.5. The molecule has 0 bridgehead atoms. The third-order valence-corrected chi connectivity index (χ3v) is 2.49. The van der Waals surface area contributed by atoms with Crippen molar-refractivity contribution in [2.24, 2.45) is 0 Å². The summed E-state index contributed by atoms with van der Waals surface area (Å²) in [7, 11) is 2.77. The lowest BCUT2D eigenvalue weighted by atomic mass is 10.1. The zero-order chi connectivity index (χ0) is 13.5. The molecule has 0 aromatic heterocycles. The first-order valence-electron chi connectivity index (χ1n) is 5.22. The summed E-state index contributed by atoms with van der Waals surface area (Å²) in [5.74, 6) is -0.227. The van der Waals surface area contributed by atoms with E-state index in [1.165, 1.54) is 14.2 Å². The van der Waals surface area contributed by atoms with E-state index in [0.29, 0.717) is 16.3 Å². The molecule has 0 saturated carbocycles. The van der Waals surface area contributed by atoms with Gasteiger partial charge < -0.3 is 14.8 Å². The molecule has 0 aliphatic heterocycles. The zero-order valence-corrected chi connectivity index (χ0v) is 10.9. The minimum atomic E-state index is -0.499. The van der Waals surface area contributed by atoms with Crippen LogP contribution in [0.3, 0.4) is 0 Å². The predicted octanol–water partition coefficient (Wildman–Crippen LogP) is 1.18. The maximum atomic E-state index is 11.6. The van der Waals surface area contributed by atoms with Crippen LogP contribution < -0.4 is 10.1 Å². The standard InChI is InChI=1S/C12H14ClNO4/c1-17-10-4-3-9(13)5-8(10)6-11(15)14-7-12(16)18-2/h3-5H,6-7H2,1-2H3,(H,14,15). The first kappa shape index (κ1) is 14.3. The summed E-state index contributed by atoms with van der Waals surface area (Å²) in [5, 5.41) is 2.96. The number of hydrogen-bond donors (Lipinski definition) is 1. The van der Waals surface area contributed by atoms with E-state index in [2.05, 4.69) is 10.1 Å². The van der Waals surface area contributed by atoms with Gasteiger partial charge in [-0.15, -0.1) is 0 Å². The van der Waals surface area contributed by atoms with Crippen LogP contribution in [-0.4, -0.2) is 32.6 Å². The number of halogens is 1. The quantitative estimate of drug-likeness (QED) is 0.817. The van der Waals surface area contributed by atoms with E-state index >= 15 is 0 Å². The molecule has 0 aliphatic rings. The number of carbonyl (C=O) groups is 2. The maximum Gasteiger partial charge on any atom is 0.325 e. The Morgan fingerprint density at radius 1 is 1.33 bits per heavy atom. The highest BCUT2D eigenvalue weighted by molar-refractivity contribution is 6.30. The molecule has 6 heteroatoms. The number of carbonyl (C=O) groups excluding carboxylic acids is 2. The third kappa shape index (κ3) is 4.25. The Labute approximate surface area is 110 Å². The first-order chi connectivity index (χ1) is 8.56. The van der Waals surface area contributed by atoms with Crippen molar-refractivity contribution in [3.8, 4) is 5.75 Å². The minimum absolute atomic E-state index is 0.0841. The average molecular weight is 272 g/mol. The Bertz CT molecular complexity index is 448. The molecule has 1 aromatic carbocycles. The van der Waals surface area contributed by atoms with E-state index < -0.39 is 5.97 Å². The fraction of sp³-hybridized carbons (Fsp3) is 0.333. The summed E-state index contributed by atoms with van der Waals surface area (Å²) in [6, 6.07) is 5.01. The van der Waals surface area contributed by atoms with Gasteiger partial charge in [0.25, 0.3) is 0 Å². The molecule has 0 fully saturated rings. The molecular formula is C12H14ClNO4. The van der Waals surface area contributed by atoms with Gasteiger partial charge in [-0.1, -0.05) is 11.6 Å². The lowest BCUT2D eigenvalue weighted by Crippen LogP contribution is -2.31. The van der Waals surface area contributed by atoms with Gasteiger partial charge in [0.15, 0.2) is 0 Å². The van der Waals surface area contributed by atoms with Gasteiger partial charge in [-0.2, -0.15) is 0 Å². The zero-order valence-electron chi connectivity index (χ0n) is 10.2. The highest BCUT2D eigenvalue weighted by Gasteiger charge is 2.10. The number of rotatable bonds is 5. The van der Waals surface area contributed by atoms with Gasteiger partial charge in [-0.05, 0) is 18.2 Å². The minimum Gasteiger partial charge on any atom is -0.496 e. The highest BCUT2D eigenvalue weighted by atomic mass is 35.5. The lowest BCUT2D eigenvalue weighted by Gasteiger charge is -2.09. The van der Waals surface area contributed by atoms with Crippen LogP contribution in [-0.2, 0) is 20.7 Å². The van der Waals surface area contributed by atoms with Gasteiger partial charge in [-0.25, -0.2) is 0 Å². The van der Waals surface area contributed by atoms with E-state index in [1.54, 1.807) is 18.2 Å². The van der Waals surface area contributed by atoms with Crippen LogP contribution in [0.2, 0.25) is 5.02 Å². The molecule has 18 heavy (non-hydrogen) atoms. The summed E-state index contributed by atoms with van der Waals surface area (Å²) in [5.41, 5.74) is 0.660. The average Bonchev–Trinajstić information content (AvgIpc) is 2.36. The maximum absolute atomic E-state index is 11.6. The molecule has 1 N–H and O–H groups in total. The Kier molecular flexibility index (Phi) is 5.45. The van der Waals surface area contributed by atoms with Crippen LogP contribution in [0.4, 0.5) is 0 Å². The molecule has 1 rings (SSSR count). The summed E-state index contributed by atoms with van der Waals surface area (Å²) in [6.45, 7) is -0.155. The second-order valence-electron chi connectivity index (χ2n) is 3.49. The number of methoxy groups -OCH3 is 2. The molecule has 1 amide bonds. The van der Waals surface area contributed by atoms with Gasteiger partial charge in [0, 0.05) is 10.6 Å². The van der Waals surface area contributed by atoms with Crippen molar-refractivity contribution in [3.63, 3.8) is 0 Å². The van der Waals surface area contributed by atoms with Crippen molar-refractivity contribution in [1.82, 2.24) is 5.32 Å². The fourth-order valence-electron chi connectivity index (χ4n) is 1.36. The first-order valence-corrected chi connectivity index (χ1v) is 5.60. The Morgan fingerprint density at radius 3 is 2.67 bits per heavy atom. The Morgan fingerprint density at radius 2 is 2.06 bits per heavy atom. The van der Waals surface area contributed by atoms with E-state index in [1.807, 2.05) is 0 Å². The molecule has 5 nitrogen and oxygen atoms in total. The highest BCUT2D eigenvalue weighted by Crippen LogP contribution is 2.22. The fourth-order valence-corrected chi connectivity index (χ4v) is 1.56. The molecular weight excluding hydrogens is 258 g/mol. The number of nitrogens with one attached hydrogen (secondary N) is 1. The summed E-state index contributed by atoms with van der Waals surface area (Å²) >= 11 is 5.85. The number of amides is 1. The van der Waals surface area contributed by atoms with Gasteiger partial charge in [0.1, 0.15) is 12.3 Å². The van der Waals surface area contributed by atoms with Crippen molar-refractivity contribution < 1.29 is 19.1 Å². The second kappa shape index (κ2) is 6.86. The van der Waals surface area contributed by atoms with Crippen molar-refractivity contribution in [3.05, 3.63) is 28.8 Å². The van der Waals surface area contributed by atoms with Crippen molar-refractivity contribution in [2.45, 2.75) is 6.42 Å². The van der Waals surface area contributed by atoms with Gasteiger partial charge in [0.2, 0.25) is 5.91 Å². The SMILES string of the molecule is COC(=O)CNC(=O)Cc1cc(Cl)ccc1OC. The molecule has 98 valence electrons. The Hall–Kier alpha value is -1.75. The van der Waals surface area contributed by atoms with E-state index in [-0.39, 0.29) is 18.9 Å². The van der Waals surface area contributed by atoms with Crippen LogP contribution in [0, 0.1) is 0 Å². The monoisotopic (exact) mass is 271 g/mol. The van der Waals surface area contributed by atoms with E-state index in [0.717, 1.165) is 0 Å². The third-order valence-electron chi connectivity index (χ3n) is 2.25. The molecule has 0 heterocycles. The van der Waals surface area contributed by atoms with E-state index in [9.17, 15) is 9.59 Å². The Balaban J connectivity index is 2.63. The van der Waals surface area contributed by atoms with Crippen molar-refractivity contribution >= 4 is 23.5 Å². The van der Waals surface area contributed by atoms with Gasteiger partial charge in [0.05, 0.1) is 20.6 Å². The molecule has 0 atom stereocenters. The van der Waals surface area contributed by atoms with Gasteiger partial charge in [-0.3, -0.25) is 9.59 Å². The molecule has 1 aromatic rings. The van der Waals surface area contributed by atoms with E-state index in [4.69, 9.17) is 16.3 Å². The van der Waals surface area contributed by atoms with Crippen LogP contribution in [0.15, 0.2) is 18.2 Å². The van der Waals surface area contributed by atoms with Crippen LogP contribution in [0.25, 0.3) is 0 Å². The number of hydrogen-bond acceptors (Lipinski definition) is 4. The number of esters is 1. The molecule has 0 spiro atoms. The molecule has 0 aliphatic carbocycles. The normalized spacial score (nSPS) is 9.72. The molecule has 0 saturated heterocycles. The van der Waals surface area contributed by atoms with Crippen LogP contribution in [0.1, 0.15) is 5.56 Å². The molecule has 0 unspecified atom stereocenters. The number of benzene rings is 1. The molecule has 0 radical (unpaired) electrons. The number of ether oxygens (including phenoxy) is 2. The lowest BCUT2D eigenvalue weighted by molar-refractivity contribution is -0.141. The summed E-state index contributed by atoms with van der Waals surface area (Å²) in [6.07, 6.45) is 0.0841. The van der Waals surface area contributed by atoms with Crippen molar-refractivity contribution in [2.75, 3.05) is 20.8 Å². The van der Waals surface area contributed by atoms with Crippen LogP contribution in [0.5, 0.6) is 5.75 Å². The smallest absolute Gasteiger partial charge is 0.325 e. The summed E-state index contributed by atoms with van der Waals surface area (Å²) < 4.78 is 9.53. The van der Waals surface area contributed by atoms with Crippen LogP contribution >= 0.6 is 11.6 Å². The van der Waals surface area contributed by atoms with Gasteiger partial charge >= 0.3 is 5.97 Å². The predicted molar refractivity (Wildman–Crippen MR) is 66.7 cm³/mol.